The molecule has 0 saturated carbocycles. The lowest BCUT2D eigenvalue weighted by Gasteiger charge is -2.05. The van der Waals surface area contributed by atoms with Gasteiger partial charge in [0.25, 0.3) is 0 Å². The summed E-state index contributed by atoms with van der Waals surface area (Å²) in [6.45, 7) is 1.78. The molecular formula is C10H13Cl2NO. The van der Waals surface area contributed by atoms with Crippen LogP contribution in [0.4, 0.5) is 0 Å². The minimum Gasteiger partial charge on any atom is -0.380 e. The molecule has 0 aliphatic carbocycles. The zero-order valence-electron chi connectivity index (χ0n) is 7.80. The predicted octanol–water partition coefficient (Wildman–Crippen LogP) is 2.51. The Morgan fingerprint density at radius 3 is 2.64 bits per heavy atom. The van der Waals surface area contributed by atoms with Gasteiger partial charge in [-0.25, -0.2) is 0 Å². The Balaban J connectivity index is 2.42. The van der Waals surface area contributed by atoms with Crippen molar-refractivity contribution in [1.29, 1.82) is 0 Å². The van der Waals surface area contributed by atoms with Crippen LogP contribution in [0.15, 0.2) is 18.2 Å². The molecule has 2 N–H and O–H groups in total. The van der Waals surface area contributed by atoms with E-state index < -0.39 is 0 Å². The fourth-order valence-electron chi connectivity index (χ4n) is 1.09. The average molecular weight is 234 g/mol. The summed E-state index contributed by atoms with van der Waals surface area (Å²) in [7, 11) is 0. The maximum atomic E-state index is 5.98. The summed E-state index contributed by atoms with van der Waals surface area (Å²) in [5, 5.41) is 1.34. The van der Waals surface area contributed by atoms with Crippen molar-refractivity contribution in [2.24, 2.45) is 5.73 Å². The van der Waals surface area contributed by atoms with Crippen molar-refractivity contribution in [3.05, 3.63) is 33.8 Å². The molecule has 0 amide bonds. The van der Waals surface area contributed by atoms with Gasteiger partial charge in [0.15, 0.2) is 0 Å². The lowest BCUT2D eigenvalue weighted by molar-refractivity contribution is 0.145. The van der Waals surface area contributed by atoms with Crippen LogP contribution in [-0.4, -0.2) is 19.8 Å². The molecule has 1 rings (SSSR count). The maximum absolute atomic E-state index is 5.98. The first-order chi connectivity index (χ1) is 6.74. The molecule has 0 bridgehead atoms. The highest BCUT2D eigenvalue weighted by atomic mass is 35.5. The third-order valence-electron chi connectivity index (χ3n) is 1.79. The highest BCUT2D eigenvalue weighted by Gasteiger charge is 2.00. The predicted molar refractivity (Wildman–Crippen MR) is 60.0 cm³/mol. The van der Waals surface area contributed by atoms with Gasteiger partial charge in [0, 0.05) is 16.6 Å². The zero-order valence-corrected chi connectivity index (χ0v) is 9.31. The van der Waals surface area contributed by atoms with Crippen molar-refractivity contribution in [1.82, 2.24) is 0 Å². The summed E-state index contributed by atoms with van der Waals surface area (Å²) < 4.78 is 5.26. The molecule has 0 aliphatic rings. The van der Waals surface area contributed by atoms with Crippen LogP contribution < -0.4 is 5.73 Å². The molecule has 0 aromatic heterocycles. The van der Waals surface area contributed by atoms with Crippen LogP contribution in [-0.2, 0) is 11.2 Å². The maximum Gasteiger partial charge on any atom is 0.0588 e. The largest absolute Gasteiger partial charge is 0.380 e. The molecular weight excluding hydrogens is 221 g/mol. The molecule has 14 heavy (non-hydrogen) atoms. The summed E-state index contributed by atoms with van der Waals surface area (Å²) in [6.07, 6.45) is 0.788. The number of hydrogen-bond acceptors (Lipinski definition) is 2. The van der Waals surface area contributed by atoms with E-state index in [2.05, 4.69) is 0 Å². The van der Waals surface area contributed by atoms with Crippen LogP contribution in [0.2, 0.25) is 10.0 Å². The van der Waals surface area contributed by atoms with E-state index in [0.29, 0.717) is 29.8 Å². The molecule has 1 aromatic rings. The smallest absolute Gasteiger partial charge is 0.0588 e. The molecule has 1 aromatic carbocycles. The van der Waals surface area contributed by atoms with E-state index in [1.54, 1.807) is 6.07 Å². The van der Waals surface area contributed by atoms with E-state index in [1.165, 1.54) is 0 Å². The summed E-state index contributed by atoms with van der Waals surface area (Å²) >= 11 is 11.7. The second-order valence-corrected chi connectivity index (χ2v) is 3.73. The number of rotatable bonds is 5. The monoisotopic (exact) mass is 233 g/mol. The minimum atomic E-state index is 0.550. The van der Waals surface area contributed by atoms with Gasteiger partial charge in [0.1, 0.15) is 0 Å². The van der Waals surface area contributed by atoms with Crippen molar-refractivity contribution < 1.29 is 4.74 Å². The van der Waals surface area contributed by atoms with Crippen molar-refractivity contribution in [2.45, 2.75) is 6.42 Å². The van der Waals surface area contributed by atoms with Gasteiger partial charge in [-0.2, -0.15) is 0 Å². The SMILES string of the molecule is NCCOCCc1ccc(Cl)cc1Cl. The molecule has 4 heteroatoms. The average Bonchev–Trinajstić information content (AvgIpc) is 2.15. The Bertz CT molecular complexity index is 291. The van der Waals surface area contributed by atoms with E-state index in [0.717, 1.165) is 12.0 Å². The normalized spacial score (nSPS) is 10.5. The first-order valence-corrected chi connectivity index (χ1v) is 5.21. The minimum absolute atomic E-state index is 0.550. The van der Waals surface area contributed by atoms with Crippen LogP contribution >= 0.6 is 23.2 Å². The Morgan fingerprint density at radius 2 is 2.00 bits per heavy atom. The molecule has 0 unspecified atom stereocenters. The molecule has 0 radical (unpaired) electrons. The van der Waals surface area contributed by atoms with Gasteiger partial charge in [-0.15, -0.1) is 0 Å². The standard InChI is InChI=1S/C10H13Cl2NO/c11-9-2-1-8(10(12)7-9)3-5-14-6-4-13/h1-2,7H,3-6,13H2. The summed E-state index contributed by atoms with van der Waals surface area (Å²) in [5.41, 5.74) is 6.34. The van der Waals surface area contributed by atoms with E-state index in [1.807, 2.05) is 12.1 Å². The van der Waals surface area contributed by atoms with Crippen LogP contribution in [0.3, 0.4) is 0 Å². The van der Waals surface area contributed by atoms with Crippen LogP contribution in [0, 0.1) is 0 Å². The van der Waals surface area contributed by atoms with E-state index in [9.17, 15) is 0 Å². The summed E-state index contributed by atoms with van der Waals surface area (Å²) in [5.74, 6) is 0. The first-order valence-electron chi connectivity index (χ1n) is 4.46. The molecule has 0 saturated heterocycles. The van der Waals surface area contributed by atoms with E-state index in [4.69, 9.17) is 33.7 Å². The van der Waals surface area contributed by atoms with Crippen molar-refractivity contribution in [3.63, 3.8) is 0 Å². The van der Waals surface area contributed by atoms with Crippen molar-refractivity contribution >= 4 is 23.2 Å². The fraction of sp³-hybridized carbons (Fsp3) is 0.400. The van der Waals surface area contributed by atoms with Crippen LogP contribution in [0.5, 0.6) is 0 Å². The van der Waals surface area contributed by atoms with Gasteiger partial charge in [-0.05, 0) is 24.1 Å². The van der Waals surface area contributed by atoms with Gasteiger partial charge in [0.2, 0.25) is 0 Å². The van der Waals surface area contributed by atoms with Crippen molar-refractivity contribution in [2.75, 3.05) is 19.8 Å². The van der Waals surface area contributed by atoms with E-state index in [-0.39, 0.29) is 0 Å². The molecule has 2 nitrogen and oxygen atoms in total. The molecule has 0 heterocycles. The molecule has 0 atom stereocenters. The molecule has 0 spiro atoms. The lowest BCUT2D eigenvalue weighted by atomic mass is 10.2. The van der Waals surface area contributed by atoms with Crippen molar-refractivity contribution in [3.8, 4) is 0 Å². The molecule has 78 valence electrons. The number of ether oxygens (including phenoxy) is 1. The lowest BCUT2D eigenvalue weighted by Crippen LogP contribution is -2.10. The number of benzene rings is 1. The molecule has 0 fully saturated rings. The Morgan fingerprint density at radius 1 is 1.21 bits per heavy atom. The molecule has 0 aliphatic heterocycles. The highest BCUT2D eigenvalue weighted by Crippen LogP contribution is 2.21. The second kappa shape index (κ2) is 6.25. The second-order valence-electron chi connectivity index (χ2n) is 2.89. The Hall–Kier alpha value is -0.280. The van der Waals surface area contributed by atoms with Gasteiger partial charge in [0.05, 0.1) is 13.2 Å². The highest BCUT2D eigenvalue weighted by molar-refractivity contribution is 6.35. The Labute approximate surface area is 94.0 Å². The quantitative estimate of drug-likeness (QED) is 0.794. The van der Waals surface area contributed by atoms with Crippen LogP contribution in [0.25, 0.3) is 0 Å². The van der Waals surface area contributed by atoms with Gasteiger partial charge < -0.3 is 10.5 Å². The zero-order chi connectivity index (χ0) is 10.4. The third kappa shape index (κ3) is 3.84. The van der Waals surface area contributed by atoms with Gasteiger partial charge >= 0.3 is 0 Å². The number of nitrogens with two attached hydrogens (primary N) is 1. The number of hydrogen-bond donors (Lipinski definition) is 1. The summed E-state index contributed by atoms with van der Waals surface area (Å²) in [6, 6.07) is 5.48. The Kier molecular flexibility index (Phi) is 5.26. The topological polar surface area (TPSA) is 35.2 Å². The fourth-order valence-corrected chi connectivity index (χ4v) is 1.59. The van der Waals surface area contributed by atoms with E-state index >= 15 is 0 Å². The first kappa shape index (κ1) is 11.8. The van der Waals surface area contributed by atoms with Gasteiger partial charge in [-0.3, -0.25) is 0 Å². The summed E-state index contributed by atoms with van der Waals surface area (Å²) in [4.78, 5) is 0. The van der Waals surface area contributed by atoms with Gasteiger partial charge in [-0.1, -0.05) is 29.3 Å². The van der Waals surface area contributed by atoms with Crippen LogP contribution in [0.1, 0.15) is 5.56 Å². The third-order valence-corrected chi connectivity index (χ3v) is 2.38. The number of halogens is 2.